The van der Waals surface area contributed by atoms with Crippen LogP contribution >= 0.6 is 11.3 Å². The van der Waals surface area contributed by atoms with Crippen molar-refractivity contribution in [2.75, 3.05) is 7.11 Å². The summed E-state index contributed by atoms with van der Waals surface area (Å²) in [6.07, 6.45) is 0. The van der Waals surface area contributed by atoms with Crippen LogP contribution in [-0.4, -0.2) is 18.5 Å². The summed E-state index contributed by atoms with van der Waals surface area (Å²) in [4.78, 5) is 0. The molecular formula is C13H10N3OS. The van der Waals surface area contributed by atoms with Crippen molar-refractivity contribution >= 4 is 22.8 Å². The summed E-state index contributed by atoms with van der Waals surface area (Å²) in [5.41, 5.74) is 7.43. The summed E-state index contributed by atoms with van der Waals surface area (Å²) < 4.78 is 5.14. The van der Waals surface area contributed by atoms with E-state index in [1.807, 2.05) is 41.1 Å². The first kappa shape index (κ1) is 11.0. The van der Waals surface area contributed by atoms with Crippen LogP contribution in [0.1, 0.15) is 11.1 Å². The van der Waals surface area contributed by atoms with Crippen molar-refractivity contribution < 1.29 is 4.74 Å². The van der Waals surface area contributed by atoms with E-state index in [0.29, 0.717) is 0 Å². The second-order valence-electron chi connectivity index (χ2n) is 3.73. The van der Waals surface area contributed by atoms with Crippen LogP contribution in [0.4, 0.5) is 0 Å². The van der Waals surface area contributed by atoms with Crippen molar-refractivity contribution in [1.82, 2.24) is 5.53 Å². The van der Waals surface area contributed by atoms with E-state index in [0.717, 1.165) is 28.3 Å². The monoisotopic (exact) mass is 256 g/mol. The third kappa shape index (κ3) is 1.89. The molecule has 0 amide bonds. The second kappa shape index (κ2) is 4.62. The van der Waals surface area contributed by atoms with Crippen molar-refractivity contribution in [2.24, 2.45) is 10.2 Å². The van der Waals surface area contributed by atoms with E-state index in [4.69, 9.17) is 4.74 Å². The highest BCUT2D eigenvalue weighted by molar-refractivity contribution is 7.08. The lowest BCUT2D eigenvalue weighted by molar-refractivity contribution is 0.415. The molecule has 1 radical (unpaired) electrons. The fraction of sp³-hybridized carbons (Fsp3) is 0.0769. The molecule has 18 heavy (non-hydrogen) atoms. The van der Waals surface area contributed by atoms with E-state index in [9.17, 15) is 0 Å². The molecule has 0 N–H and O–H groups in total. The topological polar surface area (TPSA) is 48.0 Å². The zero-order valence-electron chi connectivity index (χ0n) is 9.70. The molecule has 0 saturated heterocycles. The van der Waals surface area contributed by atoms with Crippen LogP contribution in [0.2, 0.25) is 0 Å². The Balaban J connectivity index is 1.94. The van der Waals surface area contributed by atoms with Crippen LogP contribution in [0.3, 0.4) is 0 Å². The second-order valence-corrected chi connectivity index (χ2v) is 4.51. The third-order valence-corrected chi connectivity index (χ3v) is 3.36. The summed E-state index contributed by atoms with van der Waals surface area (Å²) in [6, 6.07) is 9.74. The third-order valence-electron chi connectivity index (χ3n) is 2.67. The highest BCUT2D eigenvalue weighted by Gasteiger charge is 2.19. The lowest BCUT2D eigenvalue weighted by Crippen LogP contribution is -2.13. The highest BCUT2D eigenvalue weighted by atomic mass is 32.1. The van der Waals surface area contributed by atoms with Gasteiger partial charge in [-0.3, -0.25) is 0 Å². The number of benzene rings is 1. The Kier molecular flexibility index (Phi) is 2.82. The number of nitrogens with zero attached hydrogens (tertiary/aromatic N) is 3. The van der Waals surface area contributed by atoms with E-state index in [1.165, 1.54) is 0 Å². The molecule has 1 aliphatic rings. The van der Waals surface area contributed by atoms with Crippen LogP contribution in [0, 0.1) is 0 Å². The van der Waals surface area contributed by atoms with Crippen molar-refractivity contribution in [3.63, 3.8) is 0 Å². The number of ether oxygens (including phenoxy) is 1. The molecule has 1 aliphatic heterocycles. The van der Waals surface area contributed by atoms with Crippen molar-refractivity contribution in [2.45, 2.75) is 0 Å². The maximum Gasteiger partial charge on any atom is 0.124 e. The van der Waals surface area contributed by atoms with Gasteiger partial charge in [-0.15, -0.1) is 10.2 Å². The first-order chi connectivity index (χ1) is 8.88. The summed E-state index contributed by atoms with van der Waals surface area (Å²) in [5.74, 6) is 0.823. The molecule has 5 heteroatoms. The average Bonchev–Trinajstić information content (AvgIpc) is 3.09. The van der Waals surface area contributed by atoms with Gasteiger partial charge in [-0.1, -0.05) is 0 Å². The zero-order chi connectivity index (χ0) is 12.4. The molecule has 0 saturated carbocycles. The molecule has 0 aliphatic carbocycles. The summed E-state index contributed by atoms with van der Waals surface area (Å²) >= 11 is 1.63. The normalized spacial score (nSPS) is 13.8. The van der Waals surface area contributed by atoms with Crippen LogP contribution < -0.4 is 10.3 Å². The Labute approximate surface area is 109 Å². The fourth-order valence-corrected chi connectivity index (χ4v) is 2.38. The molecular weight excluding hydrogens is 246 g/mol. The minimum atomic E-state index is 0.802. The van der Waals surface area contributed by atoms with Gasteiger partial charge in [0.1, 0.15) is 17.2 Å². The van der Waals surface area contributed by atoms with E-state index in [1.54, 1.807) is 18.4 Å². The molecule has 0 unspecified atom stereocenters. The average molecular weight is 256 g/mol. The first-order valence-corrected chi connectivity index (χ1v) is 6.36. The van der Waals surface area contributed by atoms with E-state index in [2.05, 4.69) is 15.7 Å². The quantitative estimate of drug-likeness (QED) is 0.832. The Morgan fingerprint density at radius 3 is 2.28 bits per heavy atom. The predicted molar refractivity (Wildman–Crippen MR) is 72.5 cm³/mol. The molecule has 0 bridgehead atoms. The van der Waals surface area contributed by atoms with Crippen LogP contribution in [-0.2, 0) is 0 Å². The fourth-order valence-electron chi connectivity index (χ4n) is 1.74. The van der Waals surface area contributed by atoms with Crippen molar-refractivity contribution in [1.29, 1.82) is 0 Å². The molecule has 4 nitrogen and oxygen atoms in total. The van der Waals surface area contributed by atoms with Crippen LogP contribution in [0.15, 0.2) is 51.3 Å². The maximum absolute atomic E-state index is 5.14. The number of methoxy groups -OCH3 is 1. The molecule has 3 rings (SSSR count). The Morgan fingerprint density at radius 1 is 0.944 bits per heavy atom. The van der Waals surface area contributed by atoms with Crippen LogP contribution in [0.25, 0.3) is 0 Å². The lowest BCUT2D eigenvalue weighted by Gasteiger charge is -2.04. The summed E-state index contributed by atoms with van der Waals surface area (Å²) in [5, 5.41) is 12.2. The van der Waals surface area contributed by atoms with Gasteiger partial charge in [-0.2, -0.15) is 11.3 Å². The molecule has 1 aromatic carbocycles. The molecule has 0 spiro atoms. The van der Waals surface area contributed by atoms with Gasteiger partial charge in [0.25, 0.3) is 0 Å². The molecule has 89 valence electrons. The van der Waals surface area contributed by atoms with Gasteiger partial charge in [0.15, 0.2) is 0 Å². The number of hydrogen-bond acceptors (Lipinski definition) is 4. The molecule has 0 atom stereocenters. The van der Waals surface area contributed by atoms with Gasteiger partial charge in [0, 0.05) is 16.5 Å². The summed E-state index contributed by atoms with van der Waals surface area (Å²) in [7, 11) is 1.65. The van der Waals surface area contributed by atoms with Crippen molar-refractivity contribution in [3.05, 3.63) is 52.2 Å². The van der Waals surface area contributed by atoms with Gasteiger partial charge in [0.2, 0.25) is 0 Å². The molecule has 2 aromatic rings. The molecule has 0 fully saturated rings. The molecule has 1 aromatic heterocycles. The lowest BCUT2D eigenvalue weighted by atomic mass is 10.0. The van der Waals surface area contributed by atoms with Crippen LogP contribution in [0.5, 0.6) is 5.75 Å². The SMILES string of the molecule is COc1ccc(C2=N[N]N=C2c2ccsc2)cc1. The van der Waals surface area contributed by atoms with Gasteiger partial charge in [-0.05, 0) is 41.2 Å². The smallest absolute Gasteiger partial charge is 0.124 e. The largest absolute Gasteiger partial charge is 0.497 e. The standard InChI is InChI=1S/C13H10N3OS/c1-17-11-4-2-9(3-5-11)12-13(15-16-14-12)10-6-7-18-8-10/h2-8H,1H3. The van der Waals surface area contributed by atoms with E-state index in [-0.39, 0.29) is 0 Å². The Morgan fingerprint density at radius 2 is 1.67 bits per heavy atom. The van der Waals surface area contributed by atoms with Crippen molar-refractivity contribution in [3.8, 4) is 5.75 Å². The minimum Gasteiger partial charge on any atom is -0.497 e. The number of thiophene rings is 1. The van der Waals surface area contributed by atoms with E-state index < -0.39 is 0 Å². The Hall–Kier alpha value is -2.14. The summed E-state index contributed by atoms with van der Waals surface area (Å²) in [6.45, 7) is 0. The Bertz CT molecular complexity index is 600. The van der Waals surface area contributed by atoms with Gasteiger partial charge in [0.05, 0.1) is 7.11 Å². The number of hydrogen-bond donors (Lipinski definition) is 0. The first-order valence-electron chi connectivity index (χ1n) is 5.41. The zero-order valence-corrected chi connectivity index (χ0v) is 10.5. The highest BCUT2D eigenvalue weighted by Crippen LogP contribution is 2.18. The van der Waals surface area contributed by atoms with Gasteiger partial charge < -0.3 is 4.74 Å². The van der Waals surface area contributed by atoms with Gasteiger partial charge >= 0.3 is 0 Å². The van der Waals surface area contributed by atoms with Gasteiger partial charge in [-0.25, -0.2) is 0 Å². The predicted octanol–water partition coefficient (Wildman–Crippen LogP) is 2.48. The molecule has 2 heterocycles. The number of rotatable bonds is 3. The minimum absolute atomic E-state index is 0.802. The maximum atomic E-state index is 5.14. The van der Waals surface area contributed by atoms with E-state index >= 15 is 0 Å².